The highest BCUT2D eigenvalue weighted by Gasteiger charge is 2.17. The summed E-state index contributed by atoms with van der Waals surface area (Å²) >= 11 is 0. The van der Waals surface area contributed by atoms with Crippen LogP contribution in [0.4, 0.5) is 0 Å². The van der Waals surface area contributed by atoms with E-state index in [0.29, 0.717) is 5.56 Å². The number of nitrogens with zero attached hydrogens (tertiary/aromatic N) is 1. The lowest BCUT2D eigenvalue weighted by Crippen LogP contribution is -2.28. The standard InChI is InChI=1S/C18H19N3O2/c1-3-14(17-19-15-6-4-5-7-16(15)20-17)21-18(22)12-8-10-13(23-2)11-9-12/h4-11,14H,3H2,1-2H3,(H,19,20)(H,21,22)/t14-/m1/s1. The normalized spacial score (nSPS) is 12.1. The van der Waals surface area contributed by atoms with Gasteiger partial charge in [-0.3, -0.25) is 4.79 Å². The molecular formula is C18H19N3O2. The van der Waals surface area contributed by atoms with Crippen molar-refractivity contribution in [2.24, 2.45) is 0 Å². The van der Waals surface area contributed by atoms with Gasteiger partial charge in [-0.1, -0.05) is 19.1 Å². The Morgan fingerprint density at radius 1 is 1.22 bits per heavy atom. The molecular weight excluding hydrogens is 290 g/mol. The number of amides is 1. The van der Waals surface area contributed by atoms with Gasteiger partial charge >= 0.3 is 0 Å². The molecule has 2 N–H and O–H groups in total. The van der Waals surface area contributed by atoms with E-state index in [9.17, 15) is 4.79 Å². The fourth-order valence-corrected chi connectivity index (χ4v) is 2.49. The molecule has 0 spiro atoms. The van der Waals surface area contributed by atoms with Gasteiger partial charge in [-0.25, -0.2) is 4.98 Å². The molecule has 3 rings (SSSR count). The number of carbonyl (C=O) groups excluding carboxylic acids is 1. The van der Waals surface area contributed by atoms with Crippen molar-refractivity contribution < 1.29 is 9.53 Å². The average Bonchev–Trinajstić information content (AvgIpc) is 3.03. The first kappa shape index (κ1) is 15.1. The zero-order valence-electron chi connectivity index (χ0n) is 13.2. The molecule has 0 aliphatic carbocycles. The predicted molar refractivity (Wildman–Crippen MR) is 89.6 cm³/mol. The van der Waals surface area contributed by atoms with Crippen LogP contribution in [-0.4, -0.2) is 23.0 Å². The van der Waals surface area contributed by atoms with Crippen molar-refractivity contribution in [1.82, 2.24) is 15.3 Å². The zero-order chi connectivity index (χ0) is 16.2. The number of H-pyrrole nitrogens is 1. The van der Waals surface area contributed by atoms with Gasteiger partial charge in [0.05, 0.1) is 24.2 Å². The van der Waals surface area contributed by atoms with Crippen molar-refractivity contribution in [3.05, 3.63) is 59.9 Å². The van der Waals surface area contributed by atoms with E-state index in [4.69, 9.17) is 4.74 Å². The van der Waals surface area contributed by atoms with Gasteiger partial charge in [-0.15, -0.1) is 0 Å². The van der Waals surface area contributed by atoms with Crippen molar-refractivity contribution in [3.8, 4) is 5.75 Å². The van der Waals surface area contributed by atoms with Crippen LogP contribution in [0.15, 0.2) is 48.5 Å². The van der Waals surface area contributed by atoms with Crippen molar-refractivity contribution in [3.63, 3.8) is 0 Å². The number of carbonyl (C=O) groups is 1. The van der Waals surface area contributed by atoms with E-state index in [1.807, 2.05) is 31.2 Å². The van der Waals surface area contributed by atoms with E-state index < -0.39 is 0 Å². The number of fused-ring (bicyclic) bond motifs is 1. The van der Waals surface area contributed by atoms with Crippen LogP contribution >= 0.6 is 0 Å². The first-order chi connectivity index (χ1) is 11.2. The van der Waals surface area contributed by atoms with Crippen LogP contribution < -0.4 is 10.1 Å². The molecule has 0 saturated carbocycles. The number of hydrogen-bond donors (Lipinski definition) is 2. The van der Waals surface area contributed by atoms with Gasteiger partial charge in [-0.05, 0) is 42.8 Å². The quantitative estimate of drug-likeness (QED) is 0.758. The largest absolute Gasteiger partial charge is 0.497 e. The number of aromatic amines is 1. The number of methoxy groups -OCH3 is 1. The molecule has 2 aromatic carbocycles. The molecule has 1 amide bonds. The summed E-state index contributed by atoms with van der Waals surface area (Å²) in [5, 5.41) is 3.02. The Bertz CT molecular complexity index is 776. The molecule has 1 aromatic heterocycles. The molecule has 0 fully saturated rings. The van der Waals surface area contributed by atoms with Gasteiger partial charge in [-0.2, -0.15) is 0 Å². The summed E-state index contributed by atoms with van der Waals surface area (Å²) in [7, 11) is 1.60. The fraction of sp³-hybridized carbons (Fsp3) is 0.222. The van der Waals surface area contributed by atoms with Crippen molar-refractivity contribution >= 4 is 16.9 Å². The third-order valence-electron chi connectivity index (χ3n) is 3.80. The van der Waals surface area contributed by atoms with E-state index in [-0.39, 0.29) is 11.9 Å². The van der Waals surface area contributed by atoms with Crippen LogP contribution in [0.3, 0.4) is 0 Å². The molecule has 0 unspecified atom stereocenters. The van der Waals surface area contributed by atoms with E-state index in [2.05, 4.69) is 15.3 Å². The number of ether oxygens (including phenoxy) is 1. The Morgan fingerprint density at radius 2 is 1.96 bits per heavy atom. The first-order valence-corrected chi connectivity index (χ1v) is 7.61. The monoisotopic (exact) mass is 309 g/mol. The first-order valence-electron chi connectivity index (χ1n) is 7.61. The lowest BCUT2D eigenvalue weighted by molar-refractivity contribution is 0.0934. The molecule has 1 heterocycles. The van der Waals surface area contributed by atoms with Gasteiger partial charge in [0.1, 0.15) is 11.6 Å². The Hall–Kier alpha value is -2.82. The maximum atomic E-state index is 12.4. The highest BCUT2D eigenvalue weighted by molar-refractivity contribution is 5.94. The fourth-order valence-electron chi connectivity index (χ4n) is 2.49. The van der Waals surface area contributed by atoms with E-state index in [1.165, 1.54) is 0 Å². The summed E-state index contributed by atoms with van der Waals surface area (Å²) in [6, 6.07) is 14.7. The Morgan fingerprint density at radius 3 is 2.61 bits per heavy atom. The third kappa shape index (κ3) is 3.18. The second-order valence-corrected chi connectivity index (χ2v) is 5.30. The van der Waals surface area contributed by atoms with Crippen LogP contribution in [0.25, 0.3) is 11.0 Å². The Balaban J connectivity index is 1.79. The molecule has 3 aromatic rings. The highest BCUT2D eigenvalue weighted by Crippen LogP contribution is 2.19. The van der Waals surface area contributed by atoms with Crippen LogP contribution in [0.1, 0.15) is 35.6 Å². The lowest BCUT2D eigenvalue weighted by atomic mass is 10.1. The van der Waals surface area contributed by atoms with Gasteiger partial charge < -0.3 is 15.0 Å². The molecule has 1 atom stereocenters. The predicted octanol–water partition coefficient (Wildman–Crippen LogP) is 3.45. The topological polar surface area (TPSA) is 67.0 Å². The highest BCUT2D eigenvalue weighted by atomic mass is 16.5. The number of nitrogens with one attached hydrogen (secondary N) is 2. The average molecular weight is 309 g/mol. The molecule has 23 heavy (non-hydrogen) atoms. The van der Waals surface area contributed by atoms with Gasteiger partial charge in [0.25, 0.3) is 5.91 Å². The van der Waals surface area contributed by atoms with Gasteiger partial charge in [0.2, 0.25) is 0 Å². The SMILES string of the molecule is CC[C@@H](NC(=O)c1ccc(OC)cc1)c1nc2ccccc2[nH]1. The van der Waals surface area contributed by atoms with Crippen molar-refractivity contribution in [2.45, 2.75) is 19.4 Å². The van der Waals surface area contributed by atoms with Crippen LogP contribution in [0.2, 0.25) is 0 Å². The summed E-state index contributed by atoms with van der Waals surface area (Å²) in [5.74, 6) is 1.38. The summed E-state index contributed by atoms with van der Waals surface area (Å²) in [4.78, 5) is 20.3. The molecule has 5 nitrogen and oxygen atoms in total. The molecule has 118 valence electrons. The zero-order valence-corrected chi connectivity index (χ0v) is 13.2. The molecule has 5 heteroatoms. The minimum Gasteiger partial charge on any atom is -0.497 e. The second kappa shape index (κ2) is 6.52. The number of rotatable bonds is 5. The summed E-state index contributed by atoms with van der Waals surface area (Å²) in [6.07, 6.45) is 0.752. The molecule has 0 aliphatic heterocycles. The van der Waals surface area contributed by atoms with Crippen LogP contribution in [-0.2, 0) is 0 Å². The molecule has 0 aliphatic rings. The van der Waals surface area contributed by atoms with Crippen molar-refractivity contribution in [2.75, 3.05) is 7.11 Å². The maximum absolute atomic E-state index is 12.4. The van der Waals surface area contributed by atoms with Crippen LogP contribution in [0, 0.1) is 0 Å². The Kier molecular flexibility index (Phi) is 4.28. The molecule has 0 radical (unpaired) electrons. The van der Waals surface area contributed by atoms with E-state index >= 15 is 0 Å². The number of aromatic nitrogens is 2. The van der Waals surface area contributed by atoms with E-state index in [0.717, 1.165) is 29.0 Å². The molecule has 0 bridgehead atoms. The number of hydrogen-bond acceptors (Lipinski definition) is 3. The van der Waals surface area contributed by atoms with Gasteiger partial charge in [0, 0.05) is 5.56 Å². The lowest BCUT2D eigenvalue weighted by Gasteiger charge is -2.14. The molecule has 0 saturated heterocycles. The van der Waals surface area contributed by atoms with Crippen molar-refractivity contribution in [1.29, 1.82) is 0 Å². The minimum absolute atomic E-state index is 0.125. The maximum Gasteiger partial charge on any atom is 0.251 e. The minimum atomic E-state index is -0.156. The summed E-state index contributed by atoms with van der Waals surface area (Å²) < 4.78 is 5.11. The number of para-hydroxylation sites is 2. The Labute approximate surface area is 134 Å². The van der Waals surface area contributed by atoms with E-state index in [1.54, 1.807) is 31.4 Å². The van der Waals surface area contributed by atoms with Gasteiger partial charge in [0.15, 0.2) is 0 Å². The third-order valence-corrected chi connectivity index (χ3v) is 3.80. The number of imidazole rings is 1. The smallest absolute Gasteiger partial charge is 0.251 e. The van der Waals surface area contributed by atoms with Crippen LogP contribution in [0.5, 0.6) is 5.75 Å². The summed E-state index contributed by atoms with van der Waals surface area (Å²) in [5.41, 5.74) is 2.47. The number of benzene rings is 2. The second-order valence-electron chi connectivity index (χ2n) is 5.30. The summed E-state index contributed by atoms with van der Waals surface area (Å²) in [6.45, 7) is 2.02.